The van der Waals surface area contributed by atoms with E-state index in [4.69, 9.17) is 0 Å². The van der Waals surface area contributed by atoms with Crippen LogP contribution >= 0.6 is 27.7 Å². The standard InChI is InChI=1S/C12H18BrN3OS/c1-8(2)16-12(17)11(13)10(7-14-16)15-9-3-5-18-6-4-9/h7-9,15H,3-6H2,1-2H3. The molecule has 1 fully saturated rings. The topological polar surface area (TPSA) is 46.9 Å². The largest absolute Gasteiger partial charge is 0.380 e. The van der Waals surface area contributed by atoms with E-state index in [1.807, 2.05) is 25.6 Å². The van der Waals surface area contributed by atoms with Gasteiger partial charge >= 0.3 is 0 Å². The minimum absolute atomic E-state index is 0.0693. The Morgan fingerprint density at radius 2 is 2.17 bits per heavy atom. The molecule has 0 saturated carbocycles. The van der Waals surface area contributed by atoms with Crippen molar-refractivity contribution in [2.75, 3.05) is 16.8 Å². The van der Waals surface area contributed by atoms with Crippen molar-refractivity contribution in [3.8, 4) is 0 Å². The second-order valence-electron chi connectivity index (χ2n) is 4.75. The van der Waals surface area contributed by atoms with Gasteiger partial charge in [-0.2, -0.15) is 16.9 Å². The fraction of sp³-hybridized carbons (Fsp3) is 0.667. The highest BCUT2D eigenvalue weighted by Gasteiger charge is 2.17. The summed E-state index contributed by atoms with van der Waals surface area (Å²) >= 11 is 5.37. The van der Waals surface area contributed by atoms with Crippen molar-refractivity contribution in [2.45, 2.75) is 38.8 Å². The van der Waals surface area contributed by atoms with Crippen molar-refractivity contribution in [1.29, 1.82) is 0 Å². The molecule has 0 aromatic carbocycles. The predicted molar refractivity (Wildman–Crippen MR) is 80.6 cm³/mol. The summed E-state index contributed by atoms with van der Waals surface area (Å²) in [5.41, 5.74) is 0.744. The molecule has 6 heteroatoms. The van der Waals surface area contributed by atoms with Gasteiger partial charge < -0.3 is 5.32 Å². The van der Waals surface area contributed by atoms with Crippen LogP contribution in [0.2, 0.25) is 0 Å². The molecule has 1 N–H and O–H groups in total. The molecule has 100 valence electrons. The van der Waals surface area contributed by atoms with Crippen LogP contribution in [0.1, 0.15) is 32.7 Å². The zero-order valence-electron chi connectivity index (χ0n) is 10.6. The van der Waals surface area contributed by atoms with Crippen LogP contribution in [0.15, 0.2) is 15.5 Å². The normalized spacial score (nSPS) is 17.1. The van der Waals surface area contributed by atoms with E-state index in [0.29, 0.717) is 10.5 Å². The van der Waals surface area contributed by atoms with Crippen molar-refractivity contribution in [3.63, 3.8) is 0 Å². The lowest BCUT2D eigenvalue weighted by atomic mass is 10.1. The number of aromatic nitrogens is 2. The van der Waals surface area contributed by atoms with Crippen LogP contribution in [0.25, 0.3) is 0 Å². The Labute approximate surface area is 120 Å². The maximum atomic E-state index is 12.1. The van der Waals surface area contributed by atoms with Gasteiger partial charge in [-0.1, -0.05) is 0 Å². The molecule has 0 atom stereocenters. The molecule has 2 heterocycles. The summed E-state index contributed by atoms with van der Waals surface area (Å²) in [6, 6.07) is 0.535. The average Bonchev–Trinajstić information content (AvgIpc) is 2.36. The van der Waals surface area contributed by atoms with Crippen molar-refractivity contribution < 1.29 is 0 Å². The van der Waals surface area contributed by atoms with Crippen molar-refractivity contribution >= 4 is 33.4 Å². The molecule has 4 nitrogen and oxygen atoms in total. The molecular formula is C12H18BrN3OS. The highest BCUT2D eigenvalue weighted by atomic mass is 79.9. The van der Waals surface area contributed by atoms with E-state index < -0.39 is 0 Å². The Hall–Kier alpha value is -0.490. The summed E-state index contributed by atoms with van der Waals surface area (Å²) in [5, 5.41) is 7.63. The first-order valence-corrected chi connectivity index (χ1v) is 8.16. The molecule has 1 saturated heterocycles. The Bertz CT molecular complexity index is 469. The molecule has 0 amide bonds. The zero-order valence-corrected chi connectivity index (χ0v) is 13.1. The van der Waals surface area contributed by atoms with Crippen molar-refractivity contribution in [2.24, 2.45) is 0 Å². The number of nitrogens with zero attached hydrogens (tertiary/aromatic N) is 2. The summed E-state index contributed by atoms with van der Waals surface area (Å²) in [6.07, 6.45) is 4.03. The predicted octanol–water partition coefficient (Wildman–Crippen LogP) is 2.89. The first kappa shape index (κ1) is 13.9. The molecule has 0 aliphatic carbocycles. The third kappa shape index (κ3) is 3.09. The minimum atomic E-state index is -0.0693. The molecule has 2 rings (SSSR count). The Balaban J connectivity index is 2.19. The smallest absolute Gasteiger partial charge is 0.283 e. The maximum Gasteiger partial charge on any atom is 0.283 e. The molecule has 1 aliphatic rings. The van der Waals surface area contributed by atoms with Gasteiger partial charge in [-0.25, -0.2) is 4.68 Å². The van der Waals surface area contributed by atoms with Gasteiger partial charge in [-0.3, -0.25) is 4.79 Å². The first-order chi connectivity index (χ1) is 8.59. The number of rotatable bonds is 3. The van der Waals surface area contributed by atoms with Crippen LogP contribution in [-0.2, 0) is 0 Å². The molecule has 1 aromatic rings. The number of halogens is 1. The van der Waals surface area contributed by atoms with Gasteiger partial charge in [0.1, 0.15) is 4.47 Å². The van der Waals surface area contributed by atoms with Gasteiger partial charge in [-0.05, 0) is 54.1 Å². The molecule has 0 radical (unpaired) electrons. The summed E-state index contributed by atoms with van der Waals surface area (Å²) in [6.45, 7) is 3.90. The molecule has 0 spiro atoms. The van der Waals surface area contributed by atoms with Crippen LogP contribution in [0.4, 0.5) is 5.69 Å². The quantitative estimate of drug-likeness (QED) is 0.925. The second-order valence-corrected chi connectivity index (χ2v) is 6.76. The Kier molecular flexibility index (Phi) is 4.72. The average molecular weight is 332 g/mol. The van der Waals surface area contributed by atoms with E-state index in [1.165, 1.54) is 16.2 Å². The molecule has 0 bridgehead atoms. The summed E-state index contributed by atoms with van der Waals surface area (Å²) < 4.78 is 2.08. The third-order valence-electron chi connectivity index (χ3n) is 3.01. The van der Waals surface area contributed by atoms with E-state index in [1.54, 1.807) is 6.20 Å². The van der Waals surface area contributed by atoms with E-state index in [2.05, 4.69) is 26.3 Å². The van der Waals surface area contributed by atoms with Gasteiger partial charge in [0.2, 0.25) is 0 Å². The Morgan fingerprint density at radius 3 is 2.78 bits per heavy atom. The molecule has 1 aromatic heterocycles. The highest BCUT2D eigenvalue weighted by Crippen LogP contribution is 2.23. The summed E-state index contributed by atoms with van der Waals surface area (Å²) in [7, 11) is 0. The molecule has 0 unspecified atom stereocenters. The van der Waals surface area contributed by atoms with Crippen molar-refractivity contribution in [3.05, 3.63) is 21.0 Å². The van der Waals surface area contributed by atoms with Crippen LogP contribution in [0.3, 0.4) is 0 Å². The highest BCUT2D eigenvalue weighted by molar-refractivity contribution is 9.10. The first-order valence-electron chi connectivity index (χ1n) is 6.21. The summed E-state index contributed by atoms with van der Waals surface area (Å²) in [5.74, 6) is 2.37. The van der Waals surface area contributed by atoms with Gasteiger partial charge in [0.25, 0.3) is 5.56 Å². The van der Waals surface area contributed by atoms with Crippen molar-refractivity contribution in [1.82, 2.24) is 9.78 Å². The lowest BCUT2D eigenvalue weighted by Gasteiger charge is -2.24. The van der Waals surface area contributed by atoms with Gasteiger partial charge in [0.05, 0.1) is 17.9 Å². The van der Waals surface area contributed by atoms with Gasteiger partial charge in [0.15, 0.2) is 0 Å². The van der Waals surface area contributed by atoms with Crippen LogP contribution in [0, 0.1) is 0 Å². The SMILES string of the molecule is CC(C)n1ncc(NC2CCSCC2)c(Br)c1=O. The van der Waals surface area contributed by atoms with E-state index in [9.17, 15) is 4.79 Å². The minimum Gasteiger partial charge on any atom is -0.380 e. The number of hydrogen-bond acceptors (Lipinski definition) is 4. The van der Waals surface area contributed by atoms with Crippen LogP contribution < -0.4 is 10.9 Å². The number of hydrogen-bond donors (Lipinski definition) is 1. The number of nitrogens with one attached hydrogen (secondary N) is 1. The monoisotopic (exact) mass is 331 g/mol. The second kappa shape index (κ2) is 6.10. The lowest BCUT2D eigenvalue weighted by molar-refractivity contribution is 0.500. The lowest BCUT2D eigenvalue weighted by Crippen LogP contribution is -2.29. The molecule has 18 heavy (non-hydrogen) atoms. The third-order valence-corrected chi connectivity index (χ3v) is 4.83. The van der Waals surface area contributed by atoms with Crippen LogP contribution in [0.5, 0.6) is 0 Å². The fourth-order valence-corrected chi connectivity index (χ4v) is 3.48. The van der Waals surface area contributed by atoms with Gasteiger partial charge in [-0.15, -0.1) is 0 Å². The maximum absolute atomic E-state index is 12.1. The molecular weight excluding hydrogens is 314 g/mol. The molecule has 1 aliphatic heterocycles. The Morgan fingerprint density at radius 1 is 1.50 bits per heavy atom. The van der Waals surface area contributed by atoms with E-state index in [0.717, 1.165) is 18.5 Å². The van der Waals surface area contributed by atoms with E-state index >= 15 is 0 Å². The van der Waals surface area contributed by atoms with Gasteiger partial charge in [0, 0.05) is 6.04 Å². The number of thioether (sulfide) groups is 1. The van der Waals surface area contributed by atoms with E-state index in [-0.39, 0.29) is 11.6 Å². The number of anilines is 1. The fourth-order valence-electron chi connectivity index (χ4n) is 1.98. The summed E-state index contributed by atoms with van der Waals surface area (Å²) in [4.78, 5) is 12.1. The van der Waals surface area contributed by atoms with Crippen LogP contribution in [-0.4, -0.2) is 27.3 Å². The zero-order chi connectivity index (χ0) is 13.1.